The molecular formula is C31H38N4O3. The highest BCUT2D eigenvalue weighted by Gasteiger charge is 2.34. The molecule has 38 heavy (non-hydrogen) atoms. The van der Waals surface area contributed by atoms with Gasteiger partial charge in [-0.3, -0.25) is 14.4 Å². The molecule has 0 fully saturated rings. The van der Waals surface area contributed by atoms with E-state index in [9.17, 15) is 14.4 Å². The summed E-state index contributed by atoms with van der Waals surface area (Å²) in [5.74, 6) is -0.928. The predicted molar refractivity (Wildman–Crippen MR) is 152 cm³/mol. The Labute approximate surface area is 225 Å². The van der Waals surface area contributed by atoms with Crippen LogP contribution >= 0.6 is 0 Å². The molecule has 3 rings (SSSR count). The number of nitrogens with one attached hydrogen (secondary N) is 1. The molecule has 0 bridgehead atoms. The molecule has 0 saturated heterocycles. The van der Waals surface area contributed by atoms with E-state index in [2.05, 4.69) is 5.32 Å². The van der Waals surface area contributed by atoms with Crippen molar-refractivity contribution in [2.45, 2.75) is 44.3 Å². The Balaban J connectivity index is 1.95. The zero-order valence-corrected chi connectivity index (χ0v) is 22.8. The fourth-order valence-corrected chi connectivity index (χ4v) is 4.33. The number of hydrogen-bond acceptors (Lipinski definition) is 4. The number of carbonyl (C=O) groups excluding carboxylic acids is 3. The normalized spacial score (nSPS) is 13.2. The van der Waals surface area contributed by atoms with Crippen LogP contribution < -0.4 is 11.1 Å². The van der Waals surface area contributed by atoms with Gasteiger partial charge in [0.2, 0.25) is 17.7 Å². The fourth-order valence-electron chi connectivity index (χ4n) is 4.33. The molecule has 0 aliphatic rings. The van der Waals surface area contributed by atoms with Gasteiger partial charge in [-0.25, -0.2) is 0 Å². The van der Waals surface area contributed by atoms with Crippen LogP contribution in [0.3, 0.4) is 0 Å². The van der Waals surface area contributed by atoms with Gasteiger partial charge in [-0.2, -0.15) is 0 Å². The third-order valence-electron chi connectivity index (χ3n) is 6.63. The zero-order valence-electron chi connectivity index (χ0n) is 22.8. The van der Waals surface area contributed by atoms with Gasteiger partial charge in [-0.15, -0.1) is 0 Å². The average molecular weight is 515 g/mol. The van der Waals surface area contributed by atoms with Crippen LogP contribution in [0.2, 0.25) is 0 Å². The third kappa shape index (κ3) is 7.52. The van der Waals surface area contributed by atoms with E-state index < -0.39 is 17.6 Å². The van der Waals surface area contributed by atoms with E-state index in [0.29, 0.717) is 12.8 Å². The molecule has 0 spiro atoms. The second-order valence-electron chi connectivity index (χ2n) is 10.3. The molecule has 2 atom stereocenters. The van der Waals surface area contributed by atoms with E-state index in [0.717, 1.165) is 21.9 Å². The number of amides is 3. The zero-order chi connectivity index (χ0) is 27.9. The smallest absolute Gasteiger partial charge is 0.246 e. The van der Waals surface area contributed by atoms with Gasteiger partial charge in [0.15, 0.2) is 0 Å². The first-order valence-electron chi connectivity index (χ1n) is 12.7. The van der Waals surface area contributed by atoms with Crippen molar-refractivity contribution in [3.05, 3.63) is 96.1 Å². The molecule has 0 saturated carbocycles. The number of rotatable bonds is 10. The maximum Gasteiger partial charge on any atom is 0.246 e. The molecule has 0 aliphatic heterocycles. The largest absolute Gasteiger partial charge is 0.357 e. The molecule has 7 nitrogen and oxygen atoms in total. The van der Waals surface area contributed by atoms with Crippen molar-refractivity contribution >= 4 is 28.5 Å². The van der Waals surface area contributed by atoms with Gasteiger partial charge in [0, 0.05) is 45.6 Å². The minimum Gasteiger partial charge on any atom is -0.357 e. The SMILES string of the molecule is CNC(=O)[C@@H](Cc1ccccc1)N(C)C(=O)[C@@H](Cc1ccc2ccccc2c1)N(C)C(=O)C=CC(C)(C)N. The van der Waals surface area contributed by atoms with Crippen LogP contribution in [0.25, 0.3) is 10.8 Å². The van der Waals surface area contributed by atoms with E-state index in [1.54, 1.807) is 41.1 Å². The number of carbonyl (C=O) groups is 3. The number of benzene rings is 3. The first-order valence-corrected chi connectivity index (χ1v) is 12.7. The van der Waals surface area contributed by atoms with Crippen molar-refractivity contribution in [1.82, 2.24) is 15.1 Å². The van der Waals surface area contributed by atoms with Crippen LogP contribution in [0.15, 0.2) is 84.9 Å². The Morgan fingerprint density at radius 3 is 2.08 bits per heavy atom. The van der Waals surface area contributed by atoms with Crippen LogP contribution in [-0.2, 0) is 27.2 Å². The maximum atomic E-state index is 14.0. The quantitative estimate of drug-likeness (QED) is 0.406. The molecule has 3 N–H and O–H groups in total. The summed E-state index contributed by atoms with van der Waals surface area (Å²) in [7, 11) is 4.79. The molecule has 7 heteroatoms. The van der Waals surface area contributed by atoms with Gasteiger partial charge in [0.1, 0.15) is 12.1 Å². The van der Waals surface area contributed by atoms with Gasteiger partial charge in [-0.05, 0) is 35.7 Å². The number of likely N-dealkylation sites (N-methyl/N-ethyl adjacent to an activating group) is 3. The Kier molecular flexibility index (Phi) is 9.42. The Bertz CT molecular complexity index is 1300. The highest BCUT2D eigenvalue weighted by Crippen LogP contribution is 2.20. The highest BCUT2D eigenvalue weighted by molar-refractivity contribution is 5.95. The predicted octanol–water partition coefficient (Wildman–Crippen LogP) is 3.32. The Hall–Kier alpha value is -3.97. The van der Waals surface area contributed by atoms with Crippen molar-refractivity contribution in [3.8, 4) is 0 Å². The summed E-state index contributed by atoms with van der Waals surface area (Å²) in [4.78, 5) is 42.9. The summed E-state index contributed by atoms with van der Waals surface area (Å²) < 4.78 is 0. The second-order valence-corrected chi connectivity index (χ2v) is 10.3. The molecule has 3 amide bonds. The van der Waals surface area contributed by atoms with Crippen molar-refractivity contribution in [1.29, 1.82) is 0 Å². The molecule has 0 unspecified atom stereocenters. The lowest BCUT2D eigenvalue weighted by molar-refractivity contribution is -0.146. The van der Waals surface area contributed by atoms with E-state index in [4.69, 9.17) is 5.73 Å². The standard InChI is InChI=1S/C31H38N4O3/c1-31(2,32)18-17-28(36)34(4)27(21-23-15-16-24-13-9-10-14-25(24)19-23)30(38)35(5)26(29(37)33-3)20-22-11-7-6-8-12-22/h6-19,26-27H,20-21,32H2,1-5H3,(H,33,37)/t26-,27-/m1/s1. The first kappa shape index (κ1) is 28.6. The average Bonchev–Trinajstić information content (AvgIpc) is 2.91. The van der Waals surface area contributed by atoms with Crippen molar-refractivity contribution < 1.29 is 14.4 Å². The number of nitrogens with zero attached hydrogens (tertiary/aromatic N) is 2. The monoisotopic (exact) mass is 514 g/mol. The lowest BCUT2D eigenvalue weighted by Gasteiger charge is -2.34. The number of fused-ring (bicyclic) bond motifs is 1. The molecule has 3 aromatic carbocycles. The van der Waals surface area contributed by atoms with Crippen LogP contribution in [0.1, 0.15) is 25.0 Å². The van der Waals surface area contributed by atoms with Crippen LogP contribution in [0.5, 0.6) is 0 Å². The minimum absolute atomic E-state index is 0.270. The van der Waals surface area contributed by atoms with Gasteiger partial charge < -0.3 is 20.9 Å². The van der Waals surface area contributed by atoms with Crippen LogP contribution in [-0.4, -0.2) is 66.3 Å². The Morgan fingerprint density at radius 2 is 1.45 bits per heavy atom. The first-order chi connectivity index (χ1) is 18.0. The van der Waals surface area contributed by atoms with Crippen LogP contribution in [0.4, 0.5) is 0 Å². The molecule has 0 radical (unpaired) electrons. The van der Waals surface area contributed by atoms with Crippen molar-refractivity contribution in [2.24, 2.45) is 5.73 Å². The molecule has 0 heterocycles. The molecule has 0 aromatic heterocycles. The third-order valence-corrected chi connectivity index (χ3v) is 6.63. The van der Waals surface area contributed by atoms with Gasteiger partial charge in [-0.1, -0.05) is 78.9 Å². The maximum absolute atomic E-state index is 14.0. The topological polar surface area (TPSA) is 95.7 Å². The lowest BCUT2D eigenvalue weighted by atomic mass is 9.98. The number of hydrogen-bond donors (Lipinski definition) is 2. The van der Waals surface area contributed by atoms with E-state index in [-0.39, 0.29) is 17.7 Å². The summed E-state index contributed by atoms with van der Waals surface area (Å²) in [6, 6.07) is 22.0. The lowest BCUT2D eigenvalue weighted by Crippen LogP contribution is -2.55. The van der Waals surface area contributed by atoms with Crippen molar-refractivity contribution in [3.63, 3.8) is 0 Å². The second kappa shape index (κ2) is 12.5. The van der Waals surface area contributed by atoms with Gasteiger partial charge in [0.05, 0.1) is 0 Å². The minimum atomic E-state index is -0.831. The number of nitrogens with two attached hydrogens (primary N) is 1. The van der Waals surface area contributed by atoms with Gasteiger partial charge >= 0.3 is 0 Å². The molecule has 200 valence electrons. The van der Waals surface area contributed by atoms with Crippen LogP contribution in [0, 0.1) is 0 Å². The summed E-state index contributed by atoms with van der Waals surface area (Å²) in [6.45, 7) is 3.58. The summed E-state index contributed by atoms with van der Waals surface area (Å²) in [5, 5.41) is 4.83. The summed E-state index contributed by atoms with van der Waals surface area (Å²) in [5.41, 5.74) is 7.20. The summed E-state index contributed by atoms with van der Waals surface area (Å²) >= 11 is 0. The molecular weight excluding hydrogens is 476 g/mol. The van der Waals surface area contributed by atoms with Crippen molar-refractivity contribution in [2.75, 3.05) is 21.1 Å². The van der Waals surface area contributed by atoms with Gasteiger partial charge in [0.25, 0.3) is 0 Å². The summed E-state index contributed by atoms with van der Waals surface area (Å²) in [6.07, 6.45) is 3.67. The highest BCUT2D eigenvalue weighted by atomic mass is 16.2. The Morgan fingerprint density at radius 1 is 0.842 bits per heavy atom. The van der Waals surface area contributed by atoms with E-state index >= 15 is 0 Å². The van der Waals surface area contributed by atoms with E-state index in [1.165, 1.54) is 15.9 Å². The van der Waals surface area contributed by atoms with E-state index in [1.807, 2.05) is 72.8 Å². The molecule has 3 aromatic rings. The molecule has 0 aliphatic carbocycles. The fraction of sp³-hybridized carbons (Fsp3) is 0.323.